The molecule has 0 saturated heterocycles. The van der Waals surface area contributed by atoms with Gasteiger partial charge in [-0.2, -0.15) is 0 Å². The van der Waals surface area contributed by atoms with Crippen molar-refractivity contribution in [1.29, 1.82) is 0 Å². The number of benzene rings is 1. The van der Waals surface area contributed by atoms with Crippen molar-refractivity contribution in [2.45, 2.75) is 5.03 Å². The van der Waals surface area contributed by atoms with E-state index in [9.17, 15) is 9.59 Å². The molecule has 0 N–H and O–H groups in total. The van der Waals surface area contributed by atoms with E-state index in [1.165, 1.54) is 30.1 Å². The first-order chi connectivity index (χ1) is 12.1. The molecule has 0 radical (unpaired) electrons. The molecule has 8 heteroatoms. The smallest absolute Gasteiger partial charge is 0.339 e. The van der Waals surface area contributed by atoms with E-state index in [4.69, 9.17) is 4.74 Å². The van der Waals surface area contributed by atoms with Crippen LogP contribution in [0.4, 0.5) is 5.69 Å². The summed E-state index contributed by atoms with van der Waals surface area (Å²) in [5.74, 6) is -0.403. The van der Waals surface area contributed by atoms with Crippen molar-refractivity contribution in [3.8, 4) is 0 Å². The molecule has 0 bridgehead atoms. The zero-order valence-corrected chi connectivity index (χ0v) is 15.3. The number of anilines is 1. The number of rotatable bonds is 5. The number of carbonyl (C=O) groups is 2. The highest BCUT2D eigenvalue weighted by Crippen LogP contribution is 2.29. The van der Waals surface area contributed by atoms with Gasteiger partial charge >= 0.3 is 5.97 Å². The summed E-state index contributed by atoms with van der Waals surface area (Å²) in [6.07, 6.45) is 1.50. The number of thiophene rings is 1. The molecule has 0 fully saturated rings. The summed E-state index contributed by atoms with van der Waals surface area (Å²) in [6.45, 7) is 0. The molecule has 0 aliphatic carbocycles. The van der Waals surface area contributed by atoms with Crippen LogP contribution >= 0.6 is 23.1 Å². The van der Waals surface area contributed by atoms with Crippen LogP contribution in [-0.4, -0.2) is 41.8 Å². The highest BCUT2D eigenvalue weighted by molar-refractivity contribution is 8.00. The molecule has 0 aliphatic heterocycles. The zero-order valence-electron chi connectivity index (χ0n) is 13.6. The Morgan fingerprint density at radius 3 is 2.84 bits per heavy atom. The molecule has 0 saturated carbocycles. The first kappa shape index (κ1) is 17.4. The summed E-state index contributed by atoms with van der Waals surface area (Å²) >= 11 is 2.91. The van der Waals surface area contributed by atoms with Gasteiger partial charge in [-0.25, -0.2) is 14.8 Å². The Balaban J connectivity index is 1.76. The lowest BCUT2D eigenvalue weighted by atomic mass is 10.1. The molecule has 3 aromatic rings. The lowest BCUT2D eigenvalue weighted by Crippen LogP contribution is -2.29. The maximum atomic E-state index is 12.6. The number of hydrogen-bond acceptors (Lipinski definition) is 7. The predicted molar refractivity (Wildman–Crippen MR) is 99.3 cm³/mol. The van der Waals surface area contributed by atoms with Crippen molar-refractivity contribution in [1.82, 2.24) is 9.97 Å². The van der Waals surface area contributed by atoms with Crippen molar-refractivity contribution < 1.29 is 14.3 Å². The first-order valence-corrected chi connectivity index (χ1v) is 9.23. The SMILES string of the molecule is COC(=O)c1ccccc1N(C)C(=O)CSc1ncnc2ccsc12. The maximum absolute atomic E-state index is 12.6. The Hall–Kier alpha value is -2.45. The van der Waals surface area contributed by atoms with Crippen molar-refractivity contribution >= 4 is 50.9 Å². The van der Waals surface area contributed by atoms with E-state index in [0.29, 0.717) is 11.3 Å². The van der Waals surface area contributed by atoms with E-state index in [0.717, 1.165) is 15.2 Å². The molecule has 128 valence electrons. The topological polar surface area (TPSA) is 72.4 Å². The van der Waals surface area contributed by atoms with Crippen LogP contribution in [-0.2, 0) is 9.53 Å². The highest BCUT2D eigenvalue weighted by atomic mass is 32.2. The summed E-state index contributed by atoms with van der Waals surface area (Å²) in [5, 5.41) is 2.73. The van der Waals surface area contributed by atoms with Gasteiger partial charge in [-0.1, -0.05) is 23.9 Å². The Morgan fingerprint density at radius 2 is 2.04 bits per heavy atom. The molecule has 2 aromatic heterocycles. The number of fused-ring (bicyclic) bond motifs is 1. The number of aromatic nitrogens is 2. The third-order valence-corrected chi connectivity index (χ3v) is 5.60. The number of ether oxygens (including phenoxy) is 1. The van der Waals surface area contributed by atoms with Gasteiger partial charge in [0, 0.05) is 7.05 Å². The molecular formula is C17H15N3O3S2. The molecule has 1 amide bonds. The number of nitrogens with zero attached hydrogens (tertiary/aromatic N) is 3. The van der Waals surface area contributed by atoms with Crippen LogP contribution in [0.1, 0.15) is 10.4 Å². The standard InChI is InChI=1S/C17H15N3O3S2/c1-20(13-6-4-3-5-11(13)17(22)23-2)14(21)9-25-16-15-12(7-8-24-15)18-10-19-16/h3-8,10H,9H2,1-2H3. The zero-order chi connectivity index (χ0) is 17.8. The molecule has 3 rings (SSSR count). The second-order valence-corrected chi connectivity index (χ2v) is 6.94. The summed E-state index contributed by atoms with van der Waals surface area (Å²) in [5.41, 5.74) is 1.75. The fraction of sp³-hybridized carbons (Fsp3) is 0.176. The van der Waals surface area contributed by atoms with Gasteiger partial charge in [-0.3, -0.25) is 4.79 Å². The molecule has 0 spiro atoms. The fourth-order valence-corrected chi connectivity index (χ4v) is 4.14. The van der Waals surface area contributed by atoms with Gasteiger partial charge in [-0.15, -0.1) is 11.3 Å². The molecule has 25 heavy (non-hydrogen) atoms. The third kappa shape index (κ3) is 3.64. The minimum atomic E-state index is -0.473. The number of esters is 1. The van der Waals surface area contributed by atoms with Crippen LogP contribution in [0.5, 0.6) is 0 Å². The van der Waals surface area contributed by atoms with E-state index in [2.05, 4.69) is 9.97 Å². The van der Waals surface area contributed by atoms with E-state index < -0.39 is 5.97 Å². The molecule has 0 unspecified atom stereocenters. The van der Waals surface area contributed by atoms with Crippen molar-refractivity contribution in [2.24, 2.45) is 0 Å². The number of methoxy groups -OCH3 is 1. The summed E-state index contributed by atoms with van der Waals surface area (Å²) in [7, 11) is 2.96. The van der Waals surface area contributed by atoms with Crippen LogP contribution in [0.3, 0.4) is 0 Å². The van der Waals surface area contributed by atoms with Crippen LogP contribution < -0.4 is 4.90 Å². The summed E-state index contributed by atoms with van der Waals surface area (Å²) < 4.78 is 5.75. The van der Waals surface area contributed by atoms with Gasteiger partial charge in [-0.05, 0) is 23.6 Å². The Morgan fingerprint density at radius 1 is 1.24 bits per heavy atom. The van der Waals surface area contributed by atoms with Gasteiger partial charge in [0.15, 0.2) is 0 Å². The van der Waals surface area contributed by atoms with Crippen LogP contribution in [0.15, 0.2) is 47.1 Å². The molecule has 6 nitrogen and oxygen atoms in total. The Bertz CT molecular complexity index is 926. The molecule has 2 heterocycles. The monoisotopic (exact) mass is 373 g/mol. The van der Waals surface area contributed by atoms with E-state index >= 15 is 0 Å². The highest BCUT2D eigenvalue weighted by Gasteiger charge is 2.19. The van der Waals surface area contributed by atoms with Crippen molar-refractivity contribution in [2.75, 3.05) is 24.8 Å². The second-order valence-electron chi connectivity index (χ2n) is 5.06. The van der Waals surface area contributed by atoms with Crippen LogP contribution in [0, 0.1) is 0 Å². The van der Waals surface area contributed by atoms with Crippen LogP contribution in [0.2, 0.25) is 0 Å². The van der Waals surface area contributed by atoms with E-state index in [-0.39, 0.29) is 11.7 Å². The predicted octanol–water partition coefficient (Wildman–Crippen LogP) is 3.23. The number of hydrogen-bond donors (Lipinski definition) is 0. The van der Waals surface area contributed by atoms with Gasteiger partial charge in [0.1, 0.15) is 11.4 Å². The normalized spacial score (nSPS) is 10.6. The average Bonchev–Trinajstić information content (AvgIpc) is 3.14. The Labute approximate surface area is 152 Å². The first-order valence-electron chi connectivity index (χ1n) is 7.36. The molecular weight excluding hydrogens is 358 g/mol. The molecule has 1 aromatic carbocycles. The number of para-hydroxylation sites is 1. The van der Waals surface area contributed by atoms with Crippen molar-refractivity contribution in [3.05, 3.63) is 47.6 Å². The fourth-order valence-electron chi connectivity index (χ4n) is 2.28. The lowest BCUT2D eigenvalue weighted by Gasteiger charge is -2.19. The molecule has 0 aliphatic rings. The van der Waals surface area contributed by atoms with Crippen LogP contribution in [0.25, 0.3) is 10.2 Å². The van der Waals surface area contributed by atoms with Gasteiger partial charge in [0.25, 0.3) is 0 Å². The minimum Gasteiger partial charge on any atom is -0.465 e. The van der Waals surface area contributed by atoms with Gasteiger partial charge in [0.05, 0.1) is 34.3 Å². The van der Waals surface area contributed by atoms with Crippen molar-refractivity contribution in [3.63, 3.8) is 0 Å². The lowest BCUT2D eigenvalue weighted by molar-refractivity contribution is -0.115. The van der Waals surface area contributed by atoms with E-state index in [1.807, 2.05) is 11.4 Å². The van der Waals surface area contributed by atoms with E-state index in [1.54, 1.807) is 42.6 Å². The third-order valence-electron chi connectivity index (χ3n) is 3.59. The quantitative estimate of drug-likeness (QED) is 0.388. The number of carbonyl (C=O) groups excluding carboxylic acids is 2. The largest absolute Gasteiger partial charge is 0.465 e. The number of amides is 1. The number of thioether (sulfide) groups is 1. The second kappa shape index (κ2) is 7.62. The average molecular weight is 373 g/mol. The Kier molecular flexibility index (Phi) is 5.30. The maximum Gasteiger partial charge on any atom is 0.339 e. The molecule has 0 atom stereocenters. The summed E-state index contributed by atoms with van der Waals surface area (Å²) in [6, 6.07) is 8.79. The summed E-state index contributed by atoms with van der Waals surface area (Å²) in [4.78, 5) is 34.4. The van der Waals surface area contributed by atoms with Gasteiger partial charge in [0.2, 0.25) is 5.91 Å². The minimum absolute atomic E-state index is 0.135. The van der Waals surface area contributed by atoms with Gasteiger partial charge < -0.3 is 9.64 Å².